The van der Waals surface area contributed by atoms with Gasteiger partial charge in [-0.2, -0.15) is 0 Å². The van der Waals surface area contributed by atoms with Gasteiger partial charge in [-0.15, -0.1) is 0 Å². The number of amides is 1. The van der Waals surface area contributed by atoms with Crippen LogP contribution in [-0.2, 0) is 4.79 Å². The van der Waals surface area contributed by atoms with Crippen molar-refractivity contribution in [2.45, 2.75) is 51.7 Å². The minimum atomic E-state index is -0.351. The van der Waals surface area contributed by atoms with E-state index in [1.165, 1.54) is 0 Å². The van der Waals surface area contributed by atoms with Crippen molar-refractivity contribution in [1.82, 2.24) is 10.2 Å². The topological polar surface area (TPSA) is 72.8 Å². The van der Waals surface area contributed by atoms with Gasteiger partial charge in [0.1, 0.15) is 0 Å². The van der Waals surface area contributed by atoms with E-state index in [2.05, 4.69) is 5.32 Å². The molecule has 1 rings (SSSR count). The molecule has 112 valence electrons. The van der Waals surface area contributed by atoms with Crippen LogP contribution in [0.4, 0.5) is 0 Å². The van der Waals surface area contributed by atoms with E-state index >= 15 is 0 Å². The van der Waals surface area contributed by atoms with Crippen LogP contribution in [0.3, 0.4) is 0 Å². The van der Waals surface area contributed by atoms with Gasteiger partial charge in [0.15, 0.2) is 0 Å². The molecular weight excluding hydrogens is 244 g/mol. The summed E-state index contributed by atoms with van der Waals surface area (Å²) >= 11 is 0. The summed E-state index contributed by atoms with van der Waals surface area (Å²) < 4.78 is 0. The second-order valence-corrected chi connectivity index (χ2v) is 5.39. The second kappa shape index (κ2) is 8.51. The lowest BCUT2D eigenvalue weighted by Gasteiger charge is -2.40. The van der Waals surface area contributed by atoms with Crippen molar-refractivity contribution in [1.29, 1.82) is 0 Å². The molecule has 0 bridgehead atoms. The number of carbonyl (C=O) groups is 1. The van der Waals surface area contributed by atoms with Gasteiger partial charge < -0.3 is 20.4 Å². The monoisotopic (exact) mass is 272 g/mol. The van der Waals surface area contributed by atoms with E-state index in [0.717, 1.165) is 12.8 Å². The molecule has 3 N–H and O–H groups in total. The quantitative estimate of drug-likeness (QED) is 0.625. The Morgan fingerprint density at radius 3 is 2.74 bits per heavy atom. The van der Waals surface area contributed by atoms with Gasteiger partial charge in [0.25, 0.3) is 0 Å². The molecule has 1 aliphatic rings. The van der Waals surface area contributed by atoms with Gasteiger partial charge in [-0.05, 0) is 19.3 Å². The normalized spacial score (nSPS) is 25.4. The number of hydrogen-bond donors (Lipinski definition) is 3. The molecule has 19 heavy (non-hydrogen) atoms. The lowest BCUT2D eigenvalue weighted by atomic mass is 9.88. The van der Waals surface area contributed by atoms with Crippen LogP contribution in [0.5, 0.6) is 0 Å². The Kier molecular flexibility index (Phi) is 7.34. The maximum Gasteiger partial charge on any atom is 0.222 e. The van der Waals surface area contributed by atoms with Gasteiger partial charge in [0.05, 0.1) is 12.7 Å². The third-order valence-electron chi connectivity index (χ3n) is 3.81. The van der Waals surface area contributed by atoms with Crippen molar-refractivity contribution in [2.24, 2.45) is 5.92 Å². The molecule has 0 spiro atoms. The number of piperidine rings is 1. The van der Waals surface area contributed by atoms with Crippen LogP contribution >= 0.6 is 0 Å². The van der Waals surface area contributed by atoms with Crippen molar-refractivity contribution in [3.8, 4) is 0 Å². The Bertz CT molecular complexity index is 273. The van der Waals surface area contributed by atoms with Gasteiger partial charge in [-0.25, -0.2) is 0 Å². The van der Waals surface area contributed by atoms with E-state index in [1.807, 2.05) is 18.7 Å². The highest BCUT2D eigenvalue weighted by Crippen LogP contribution is 2.22. The molecule has 0 aliphatic carbocycles. The fourth-order valence-electron chi connectivity index (χ4n) is 2.74. The third-order valence-corrected chi connectivity index (χ3v) is 3.81. The Morgan fingerprint density at radius 1 is 1.42 bits per heavy atom. The van der Waals surface area contributed by atoms with Gasteiger partial charge >= 0.3 is 0 Å². The lowest BCUT2D eigenvalue weighted by Crippen LogP contribution is -2.53. The number of nitrogens with zero attached hydrogens (tertiary/aromatic N) is 1. The minimum Gasteiger partial charge on any atom is -0.395 e. The Labute approximate surface area is 116 Å². The molecule has 3 atom stereocenters. The van der Waals surface area contributed by atoms with Crippen molar-refractivity contribution in [3.63, 3.8) is 0 Å². The van der Waals surface area contributed by atoms with Gasteiger partial charge in [-0.1, -0.05) is 13.8 Å². The fraction of sp³-hybridized carbons (Fsp3) is 0.929. The number of rotatable bonds is 7. The fourth-order valence-corrected chi connectivity index (χ4v) is 2.74. The summed E-state index contributed by atoms with van der Waals surface area (Å²) in [7, 11) is 0. The van der Waals surface area contributed by atoms with Crippen LogP contribution in [0.2, 0.25) is 0 Å². The molecule has 0 aromatic heterocycles. The smallest absolute Gasteiger partial charge is 0.222 e. The summed E-state index contributed by atoms with van der Waals surface area (Å²) in [5, 5.41) is 22.2. The van der Waals surface area contributed by atoms with E-state index in [0.29, 0.717) is 32.5 Å². The molecule has 0 aromatic carbocycles. The number of nitrogens with one attached hydrogen (secondary N) is 1. The van der Waals surface area contributed by atoms with E-state index in [9.17, 15) is 9.90 Å². The molecule has 1 saturated heterocycles. The maximum absolute atomic E-state index is 12.0. The first-order valence-corrected chi connectivity index (χ1v) is 7.42. The summed E-state index contributed by atoms with van der Waals surface area (Å²) in [5.74, 6) is 0.307. The van der Waals surface area contributed by atoms with Gasteiger partial charge in [0.2, 0.25) is 5.91 Å². The molecule has 1 fully saturated rings. The molecule has 5 nitrogen and oxygen atoms in total. The predicted molar refractivity (Wildman–Crippen MR) is 74.8 cm³/mol. The predicted octanol–water partition coefficient (Wildman–Crippen LogP) is 0.356. The van der Waals surface area contributed by atoms with Crippen molar-refractivity contribution < 1.29 is 15.0 Å². The number of aliphatic hydroxyl groups excluding tert-OH is 2. The van der Waals surface area contributed by atoms with Crippen LogP contribution in [-0.4, -0.2) is 59.4 Å². The summed E-state index contributed by atoms with van der Waals surface area (Å²) in [5.41, 5.74) is 0. The van der Waals surface area contributed by atoms with Crippen LogP contribution in [0.25, 0.3) is 0 Å². The molecule has 0 aromatic rings. The highest BCUT2D eigenvalue weighted by molar-refractivity contribution is 5.76. The average Bonchev–Trinajstić information content (AvgIpc) is 2.44. The summed E-state index contributed by atoms with van der Waals surface area (Å²) in [4.78, 5) is 13.9. The summed E-state index contributed by atoms with van der Waals surface area (Å²) in [6.45, 7) is 5.95. The minimum absolute atomic E-state index is 0.0976. The summed E-state index contributed by atoms with van der Waals surface area (Å²) in [6.07, 6.45) is 2.65. The molecule has 3 unspecified atom stereocenters. The number of carbonyl (C=O) groups excluding carboxylic acids is 1. The first-order chi connectivity index (χ1) is 9.12. The molecule has 5 heteroatoms. The number of hydrogen-bond acceptors (Lipinski definition) is 4. The lowest BCUT2D eigenvalue weighted by molar-refractivity contribution is -0.134. The van der Waals surface area contributed by atoms with E-state index < -0.39 is 0 Å². The Morgan fingerprint density at radius 2 is 2.16 bits per heavy atom. The highest BCUT2D eigenvalue weighted by Gasteiger charge is 2.32. The largest absolute Gasteiger partial charge is 0.395 e. The second-order valence-electron chi connectivity index (χ2n) is 5.39. The molecule has 0 radical (unpaired) electrons. The zero-order chi connectivity index (χ0) is 14.3. The van der Waals surface area contributed by atoms with Crippen molar-refractivity contribution in [3.05, 3.63) is 0 Å². The molecule has 0 saturated carbocycles. The third kappa shape index (κ3) is 5.09. The van der Waals surface area contributed by atoms with Crippen LogP contribution in [0, 0.1) is 5.92 Å². The van der Waals surface area contributed by atoms with E-state index in [4.69, 9.17) is 5.11 Å². The zero-order valence-electron chi connectivity index (χ0n) is 12.1. The van der Waals surface area contributed by atoms with Crippen LogP contribution in [0.1, 0.15) is 39.5 Å². The van der Waals surface area contributed by atoms with Crippen LogP contribution in [0.15, 0.2) is 0 Å². The molecular formula is C14H28N2O3. The highest BCUT2D eigenvalue weighted by atomic mass is 16.3. The van der Waals surface area contributed by atoms with E-state index in [-0.39, 0.29) is 30.6 Å². The standard InChI is InChI=1S/C14H28N2O3/c1-3-5-14(19)16-9-11(13(18)4-2)8-12(10-16)15-6-7-17/h11-13,15,17-18H,3-10H2,1-2H3. The van der Waals surface area contributed by atoms with Crippen molar-refractivity contribution in [2.75, 3.05) is 26.2 Å². The molecule has 1 aliphatic heterocycles. The molecule has 1 amide bonds. The SMILES string of the molecule is CCCC(=O)N1CC(NCCO)CC(C(O)CC)C1. The number of likely N-dealkylation sites (tertiary alicyclic amines) is 1. The molecule has 1 heterocycles. The maximum atomic E-state index is 12.0. The Hall–Kier alpha value is -0.650. The Balaban J connectivity index is 2.63. The first kappa shape index (κ1) is 16.4. The van der Waals surface area contributed by atoms with E-state index in [1.54, 1.807) is 0 Å². The average molecular weight is 272 g/mol. The van der Waals surface area contributed by atoms with Gasteiger partial charge in [0, 0.05) is 38.0 Å². The first-order valence-electron chi connectivity index (χ1n) is 7.42. The summed E-state index contributed by atoms with van der Waals surface area (Å²) in [6, 6.07) is 0.174. The van der Waals surface area contributed by atoms with Crippen molar-refractivity contribution >= 4 is 5.91 Å². The zero-order valence-corrected chi connectivity index (χ0v) is 12.1. The van der Waals surface area contributed by atoms with Gasteiger partial charge in [-0.3, -0.25) is 4.79 Å². The number of aliphatic hydroxyl groups is 2. The van der Waals surface area contributed by atoms with Crippen LogP contribution < -0.4 is 5.32 Å².